The third-order valence-corrected chi connectivity index (χ3v) is 9.41. The highest BCUT2D eigenvalue weighted by molar-refractivity contribution is 7.92. The zero-order chi connectivity index (χ0) is 22.7. The largest absolute Gasteiger partial charge is 0.497 e. The fraction of sp³-hybridized carbons (Fsp3) is 0.348. The van der Waals surface area contributed by atoms with Gasteiger partial charge >= 0.3 is 0 Å². The van der Waals surface area contributed by atoms with Crippen molar-refractivity contribution in [2.45, 2.75) is 29.4 Å². The Labute approximate surface area is 197 Å². The lowest BCUT2D eigenvalue weighted by molar-refractivity contribution is 0.391. The third-order valence-electron chi connectivity index (χ3n) is 5.70. The molecule has 1 fully saturated rings. The molecule has 0 amide bonds. The summed E-state index contributed by atoms with van der Waals surface area (Å²) >= 11 is 7.73. The van der Waals surface area contributed by atoms with Crippen LogP contribution < -0.4 is 14.4 Å². The number of thiazole rings is 1. The molecule has 1 aliphatic rings. The van der Waals surface area contributed by atoms with Crippen LogP contribution in [0.15, 0.2) is 52.7 Å². The van der Waals surface area contributed by atoms with Crippen molar-refractivity contribution in [1.29, 1.82) is 0 Å². The standard InChI is InChI=1S/C23H25ClN2O4S2/c1-29-18-8-7-16(21(14-18)30-2)13-17-15-31-23(25-17)26-11-9-19(10-12-26)32(27,28)22-6-4-3-5-20(22)24/h3-8,14-15,19H,9-13H2,1-2H3. The predicted octanol–water partition coefficient (Wildman–Crippen LogP) is 4.85. The van der Waals surface area contributed by atoms with Crippen LogP contribution in [0.4, 0.5) is 5.13 Å². The maximum absolute atomic E-state index is 13.0. The van der Waals surface area contributed by atoms with Gasteiger partial charge in [0.15, 0.2) is 15.0 Å². The van der Waals surface area contributed by atoms with Gasteiger partial charge in [0, 0.05) is 36.5 Å². The lowest BCUT2D eigenvalue weighted by Crippen LogP contribution is -2.39. The number of aromatic nitrogens is 1. The minimum Gasteiger partial charge on any atom is -0.497 e. The molecule has 0 saturated carbocycles. The van der Waals surface area contributed by atoms with E-state index in [1.165, 1.54) is 0 Å². The summed E-state index contributed by atoms with van der Waals surface area (Å²) in [5, 5.41) is 2.82. The molecule has 3 aromatic rings. The first-order valence-corrected chi connectivity index (χ1v) is 13.1. The fourth-order valence-electron chi connectivity index (χ4n) is 3.93. The number of hydrogen-bond donors (Lipinski definition) is 0. The maximum atomic E-state index is 13.0. The minimum absolute atomic E-state index is 0.227. The van der Waals surface area contributed by atoms with Crippen molar-refractivity contribution in [1.82, 2.24) is 4.98 Å². The second-order valence-corrected chi connectivity index (χ2v) is 11.1. The number of benzene rings is 2. The molecule has 1 aromatic heterocycles. The molecule has 0 bridgehead atoms. The number of sulfone groups is 1. The zero-order valence-corrected chi connectivity index (χ0v) is 20.3. The SMILES string of the molecule is COc1ccc(Cc2csc(N3CCC(S(=O)(=O)c4ccccc4Cl)CC3)n2)c(OC)c1. The number of nitrogens with zero attached hydrogens (tertiary/aromatic N) is 2. The van der Waals surface area contributed by atoms with Gasteiger partial charge in [0.05, 0.1) is 35.1 Å². The van der Waals surface area contributed by atoms with Crippen LogP contribution in [0, 0.1) is 0 Å². The Morgan fingerprint density at radius 3 is 2.56 bits per heavy atom. The highest BCUT2D eigenvalue weighted by Gasteiger charge is 2.33. The molecular formula is C23H25ClN2O4S2. The smallest absolute Gasteiger partial charge is 0.185 e. The summed E-state index contributed by atoms with van der Waals surface area (Å²) in [4.78, 5) is 7.19. The van der Waals surface area contributed by atoms with Crippen LogP contribution in [0.1, 0.15) is 24.1 Å². The maximum Gasteiger partial charge on any atom is 0.185 e. The molecule has 0 N–H and O–H groups in total. The molecule has 0 radical (unpaired) electrons. The Morgan fingerprint density at radius 1 is 1.12 bits per heavy atom. The summed E-state index contributed by atoms with van der Waals surface area (Å²) in [5.41, 5.74) is 1.99. The lowest BCUT2D eigenvalue weighted by atomic mass is 10.1. The van der Waals surface area contributed by atoms with Gasteiger partial charge in [-0.3, -0.25) is 0 Å². The molecule has 2 heterocycles. The van der Waals surface area contributed by atoms with Crippen molar-refractivity contribution in [2.75, 3.05) is 32.2 Å². The van der Waals surface area contributed by atoms with E-state index < -0.39 is 15.1 Å². The van der Waals surface area contributed by atoms with Gasteiger partial charge in [0.2, 0.25) is 0 Å². The summed E-state index contributed by atoms with van der Waals surface area (Å²) in [6.07, 6.45) is 1.75. The van der Waals surface area contributed by atoms with Crippen molar-refractivity contribution < 1.29 is 17.9 Å². The summed E-state index contributed by atoms with van der Waals surface area (Å²) in [7, 11) is -0.174. The van der Waals surface area contributed by atoms with Crippen LogP contribution in [0.3, 0.4) is 0 Å². The van der Waals surface area contributed by atoms with Gasteiger partial charge in [0.1, 0.15) is 11.5 Å². The van der Waals surface area contributed by atoms with Crippen LogP contribution in [-0.4, -0.2) is 46.0 Å². The van der Waals surface area contributed by atoms with E-state index in [0.717, 1.165) is 27.9 Å². The van der Waals surface area contributed by atoms with Gasteiger partial charge in [-0.1, -0.05) is 29.8 Å². The molecule has 0 spiro atoms. The summed E-state index contributed by atoms with van der Waals surface area (Å²) in [6.45, 7) is 1.29. The fourth-order valence-corrected chi connectivity index (χ4v) is 7.06. The molecular weight excluding hydrogens is 468 g/mol. The minimum atomic E-state index is -3.45. The Kier molecular flexibility index (Phi) is 6.93. The quantitative estimate of drug-likeness (QED) is 0.469. The van der Waals surface area contributed by atoms with E-state index in [1.54, 1.807) is 49.8 Å². The first-order valence-electron chi connectivity index (χ1n) is 10.3. The number of halogens is 1. The topological polar surface area (TPSA) is 68.7 Å². The van der Waals surface area contributed by atoms with Crippen molar-refractivity contribution in [3.63, 3.8) is 0 Å². The van der Waals surface area contributed by atoms with Gasteiger partial charge in [-0.25, -0.2) is 13.4 Å². The molecule has 9 heteroatoms. The van der Waals surface area contributed by atoms with Gasteiger partial charge in [-0.15, -0.1) is 11.3 Å². The number of methoxy groups -OCH3 is 2. The number of rotatable bonds is 7. The molecule has 0 unspecified atom stereocenters. The van der Waals surface area contributed by atoms with Gasteiger partial charge < -0.3 is 14.4 Å². The van der Waals surface area contributed by atoms with Crippen LogP contribution in [0.25, 0.3) is 0 Å². The average Bonchev–Trinajstić information content (AvgIpc) is 3.28. The number of hydrogen-bond acceptors (Lipinski definition) is 7. The molecule has 1 aliphatic heterocycles. The molecule has 2 aromatic carbocycles. The summed E-state index contributed by atoms with van der Waals surface area (Å²) in [5.74, 6) is 1.52. The number of piperidine rings is 1. The second-order valence-electron chi connectivity index (χ2n) is 7.64. The molecule has 0 aliphatic carbocycles. The normalized spacial score (nSPS) is 15.0. The van der Waals surface area contributed by atoms with Crippen molar-refractivity contribution in [3.05, 3.63) is 64.1 Å². The van der Waals surface area contributed by atoms with Gasteiger partial charge in [-0.2, -0.15) is 0 Å². The third kappa shape index (κ3) is 4.72. The average molecular weight is 493 g/mol. The monoisotopic (exact) mass is 492 g/mol. The second kappa shape index (κ2) is 9.68. The van der Waals surface area contributed by atoms with Gasteiger partial charge in [0.25, 0.3) is 0 Å². The van der Waals surface area contributed by atoms with Crippen molar-refractivity contribution in [3.8, 4) is 11.5 Å². The van der Waals surface area contributed by atoms with Crippen LogP contribution in [0.2, 0.25) is 5.02 Å². The van der Waals surface area contributed by atoms with E-state index in [-0.39, 0.29) is 9.92 Å². The number of anilines is 1. The van der Waals surface area contributed by atoms with E-state index in [4.69, 9.17) is 26.1 Å². The van der Waals surface area contributed by atoms with E-state index in [0.29, 0.717) is 32.4 Å². The predicted molar refractivity (Wildman–Crippen MR) is 128 cm³/mol. The Bertz CT molecular complexity index is 1190. The highest BCUT2D eigenvalue weighted by Crippen LogP contribution is 2.33. The molecule has 32 heavy (non-hydrogen) atoms. The Hall–Kier alpha value is -2.29. The van der Waals surface area contributed by atoms with Gasteiger partial charge in [-0.05, 0) is 31.0 Å². The summed E-state index contributed by atoms with van der Waals surface area (Å²) < 4.78 is 36.8. The molecule has 6 nitrogen and oxygen atoms in total. The zero-order valence-electron chi connectivity index (χ0n) is 18.0. The van der Waals surface area contributed by atoms with Crippen LogP contribution >= 0.6 is 22.9 Å². The molecule has 0 atom stereocenters. The van der Waals surface area contributed by atoms with E-state index in [1.807, 2.05) is 23.6 Å². The van der Waals surface area contributed by atoms with Crippen molar-refractivity contribution >= 4 is 37.9 Å². The Balaban J connectivity index is 1.42. The van der Waals surface area contributed by atoms with Crippen LogP contribution in [-0.2, 0) is 16.3 Å². The Morgan fingerprint density at radius 2 is 1.88 bits per heavy atom. The first-order chi connectivity index (χ1) is 15.4. The van der Waals surface area contributed by atoms with E-state index in [2.05, 4.69) is 4.90 Å². The molecule has 1 saturated heterocycles. The number of ether oxygens (including phenoxy) is 2. The van der Waals surface area contributed by atoms with E-state index >= 15 is 0 Å². The lowest BCUT2D eigenvalue weighted by Gasteiger charge is -2.31. The summed E-state index contributed by atoms with van der Waals surface area (Å²) in [6, 6.07) is 12.4. The molecule has 170 valence electrons. The molecule has 4 rings (SSSR count). The highest BCUT2D eigenvalue weighted by atomic mass is 35.5. The first kappa shape index (κ1) is 22.9. The van der Waals surface area contributed by atoms with Crippen molar-refractivity contribution in [2.24, 2.45) is 0 Å². The van der Waals surface area contributed by atoms with Crippen LogP contribution in [0.5, 0.6) is 11.5 Å². The van der Waals surface area contributed by atoms with E-state index in [9.17, 15) is 8.42 Å².